The minimum absolute atomic E-state index is 0.0991. The Balaban J connectivity index is 2.49. The van der Waals surface area contributed by atoms with E-state index in [4.69, 9.17) is 14.6 Å². The Morgan fingerprint density at radius 3 is 2.58 bits per heavy atom. The van der Waals surface area contributed by atoms with E-state index in [1.165, 1.54) is 0 Å². The molecule has 0 aliphatic carbocycles. The second kappa shape index (κ2) is 6.36. The molecule has 6 heteroatoms. The molecule has 0 unspecified atom stereocenters. The summed E-state index contributed by atoms with van der Waals surface area (Å²) in [5.74, 6) is 0.669. The van der Waals surface area contributed by atoms with Gasteiger partial charge in [0.15, 0.2) is 0 Å². The van der Waals surface area contributed by atoms with Crippen LogP contribution in [0.2, 0.25) is 0 Å². The van der Waals surface area contributed by atoms with E-state index in [9.17, 15) is 8.42 Å². The molecular formula is C13H21NO4S. The zero-order valence-electron chi connectivity index (χ0n) is 11.5. The predicted molar refractivity (Wildman–Crippen MR) is 74.4 cm³/mol. The van der Waals surface area contributed by atoms with Crippen LogP contribution >= 0.6 is 0 Å². The molecule has 0 saturated heterocycles. The van der Waals surface area contributed by atoms with Crippen LogP contribution in [0.4, 0.5) is 0 Å². The average Bonchev–Trinajstić information content (AvgIpc) is 2.25. The first kappa shape index (κ1) is 15.9. The Bertz CT molecular complexity index is 511. The van der Waals surface area contributed by atoms with Crippen molar-refractivity contribution in [3.05, 3.63) is 29.8 Å². The molecular weight excluding hydrogens is 266 g/mol. The van der Waals surface area contributed by atoms with Crippen LogP contribution in [0, 0.1) is 5.41 Å². The monoisotopic (exact) mass is 287 g/mol. The van der Waals surface area contributed by atoms with Gasteiger partial charge in [-0.1, -0.05) is 26.0 Å². The fraction of sp³-hybridized carbons (Fsp3) is 0.538. The lowest BCUT2D eigenvalue weighted by atomic mass is 9.98. The summed E-state index contributed by atoms with van der Waals surface area (Å²) in [6, 6.07) is 7.54. The van der Waals surface area contributed by atoms with Gasteiger partial charge in [-0.2, -0.15) is 0 Å². The van der Waals surface area contributed by atoms with E-state index in [1.54, 1.807) is 7.11 Å². The molecule has 19 heavy (non-hydrogen) atoms. The SMILES string of the molecule is COc1cccc(COCC(C)(C)CS(N)(=O)=O)c1. The lowest BCUT2D eigenvalue weighted by Gasteiger charge is -2.23. The molecule has 0 radical (unpaired) electrons. The van der Waals surface area contributed by atoms with Crippen molar-refractivity contribution in [2.75, 3.05) is 19.5 Å². The molecule has 1 aromatic carbocycles. The molecule has 1 rings (SSSR count). The number of benzene rings is 1. The maximum absolute atomic E-state index is 11.1. The Labute approximate surface area is 114 Å². The van der Waals surface area contributed by atoms with Crippen molar-refractivity contribution in [1.82, 2.24) is 0 Å². The normalized spacial score (nSPS) is 12.4. The van der Waals surface area contributed by atoms with Crippen molar-refractivity contribution in [2.24, 2.45) is 10.6 Å². The Morgan fingerprint density at radius 1 is 1.32 bits per heavy atom. The largest absolute Gasteiger partial charge is 0.497 e. The zero-order chi connectivity index (χ0) is 14.5. The summed E-state index contributed by atoms with van der Waals surface area (Å²) < 4.78 is 32.8. The van der Waals surface area contributed by atoms with Crippen LogP contribution in [-0.2, 0) is 21.4 Å². The summed E-state index contributed by atoms with van der Waals surface area (Å²) in [5, 5.41) is 5.04. The van der Waals surface area contributed by atoms with Gasteiger partial charge in [-0.3, -0.25) is 0 Å². The second-order valence-electron chi connectivity index (χ2n) is 5.32. The molecule has 0 fully saturated rings. The number of sulfonamides is 1. The van der Waals surface area contributed by atoms with Gasteiger partial charge >= 0.3 is 0 Å². The fourth-order valence-electron chi connectivity index (χ4n) is 1.79. The molecule has 0 aromatic heterocycles. The predicted octanol–water partition coefficient (Wildman–Crippen LogP) is 1.53. The number of ether oxygens (including phenoxy) is 2. The van der Waals surface area contributed by atoms with E-state index >= 15 is 0 Å². The van der Waals surface area contributed by atoms with Gasteiger partial charge in [-0.15, -0.1) is 0 Å². The molecule has 0 saturated carbocycles. The molecule has 108 valence electrons. The average molecular weight is 287 g/mol. The molecule has 0 heterocycles. The van der Waals surface area contributed by atoms with Gasteiger partial charge in [0.05, 0.1) is 26.1 Å². The van der Waals surface area contributed by atoms with Crippen molar-refractivity contribution >= 4 is 10.0 Å². The number of nitrogens with two attached hydrogens (primary N) is 1. The first-order chi connectivity index (χ1) is 8.72. The van der Waals surface area contributed by atoms with Crippen LogP contribution in [0.15, 0.2) is 24.3 Å². The zero-order valence-corrected chi connectivity index (χ0v) is 12.4. The molecule has 0 amide bonds. The van der Waals surface area contributed by atoms with E-state index in [1.807, 2.05) is 38.1 Å². The molecule has 0 spiro atoms. The van der Waals surface area contributed by atoms with E-state index in [0.29, 0.717) is 13.2 Å². The summed E-state index contributed by atoms with van der Waals surface area (Å²) in [4.78, 5) is 0. The van der Waals surface area contributed by atoms with Gasteiger partial charge in [0, 0.05) is 5.41 Å². The summed E-state index contributed by atoms with van der Waals surface area (Å²) >= 11 is 0. The number of rotatable bonds is 7. The van der Waals surface area contributed by atoms with Crippen LogP contribution in [0.5, 0.6) is 5.75 Å². The van der Waals surface area contributed by atoms with Crippen molar-refractivity contribution < 1.29 is 17.9 Å². The van der Waals surface area contributed by atoms with E-state index in [2.05, 4.69) is 0 Å². The number of hydrogen-bond donors (Lipinski definition) is 1. The first-order valence-electron chi connectivity index (χ1n) is 5.93. The molecule has 0 atom stereocenters. The Hall–Kier alpha value is -1.11. The van der Waals surface area contributed by atoms with Crippen LogP contribution in [-0.4, -0.2) is 27.9 Å². The lowest BCUT2D eigenvalue weighted by molar-refractivity contribution is 0.0611. The Kier molecular flexibility index (Phi) is 5.34. The van der Waals surface area contributed by atoms with E-state index < -0.39 is 15.4 Å². The summed E-state index contributed by atoms with van der Waals surface area (Å²) in [6.45, 7) is 4.35. The number of primary sulfonamides is 1. The van der Waals surface area contributed by atoms with Crippen LogP contribution in [0.3, 0.4) is 0 Å². The van der Waals surface area contributed by atoms with Crippen LogP contribution in [0.1, 0.15) is 19.4 Å². The van der Waals surface area contributed by atoms with Gasteiger partial charge in [0.25, 0.3) is 0 Å². The third-order valence-corrected chi connectivity index (χ3v) is 3.67. The maximum atomic E-state index is 11.1. The van der Waals surface area contributed by atoms with Gasteiger partial charge in [0.2, 0.25) is 10.0 Å². The minimum Gasteiger partial charge on any atom is -0.497 e. The third-order valence-electron chi connectivity index (χ3n) is 2.49. The van der Waals surface area contributed by atoms with Crippen molar-refractivity contribution in [2.45, 2.75) is 20.5 Å². The van der Waals surface area contributed by atoms with E-state index in [0.717, 1.165) is 11.3 Å². The summed E-state index contributed by atoms with van der Waals surface area (Å²) in [6.07, 6.45) is 0. The highest BCUT2D eigenvalue weighted by Crippen LogP contribution is 2.19. The van der Waals surface area contributed by atoms with Crippen LogP contribution < -0.4 is 9.88 Å². The summed E-state index contributed by atoms with van der Waals surface area (Å²) in [5.41, 5.74) is 0.470. The highest BCUT2D eigenvalue weighted by Gasteiger charge is 2.24. The van der Waals surface area contributed by atoms with Gasteiger partial charge in [0.1, 0.15) is 5.75 Å². The quantitative estimate of drug-likeness (QED) is 0.825. The highest BCUT2D eigenvalue weighted by molar-refractivity contribution is 7.89. The standard InChI is InChI=1S/C13H21NO4S/c1-13(2,10-19(14,15)16)9-18-8-11-5-4-6-12(7-11)17-3/h4-7H,8-10H2,1-3H3,(H2,14,15,16). The second-order valence-corrected chi connectivity index (χ2v) is 6.93. The minimum atomic E-state index is -3.49. The third kappa shape index (κ3) is 6.56. The number of hydrogen-bond acceptors (Lipinski definition) is 4. The topological polar surface area (TPSA) is 78.6 Å². The number of methoxy groups -OCH3 is 1. The van der Waals surface area contributed by atoms with Crippen LogP contribution in [0.25, 0.3) is 0 Å². The molecule has 5 nitrogen and oxygen atoms in total. The Morgan fingerprint density at radius 2 is 2.00 bits per heavy atom. The molecule has 0 aliphatic heterocycles. The van der Waals surface area contributed by atoms with Crippen molar-refractivity contribution in [3.63, 3.8) is 0 Å². The highest BCUT2D eigenvalue weighted by atomic mass is 32.2. The van der Waals surface area contributed by atoms with Crippen molar-refractivity contribution in [1.29, 1.82) is 0 Å². The fourth-order valence-corrected chi connectivity index (χ4v) is 2.97. The summed E-state index contributed by atoms with van der Waals surface area (Å²) in [7, 11) is -1.88. The van der Waals surface area contributed by atoms with Gasteiger partial charge in [-0.25, -0.2) is 13.6 Å². The molecule has 1 aromatic rings. The van der Waals surface area contributed by atoms with Crippen molar-refractivity contribution in [3.8, 4) is 5.75 Å². The van der Waals surface area contributed by atoms with E-state index in [-0.39, 0.29) is 5.75 Å². The van der Waals surface area contributed by atoms with Gasteiger partial charge in [-0.05, 0) is 17.7 Å². The molecule has 0 bridgehead atoms. The molecule has 2 N–H and O–H groups in total. The molecule has 0 aliphatic rings. The van der Waals surface area contributed by atoms with Gasteiger partial charge < -0.3 is 9.47 Å². The first-order valence-corrected chi connectivity index (χ1v) is 7.64. The lowest BCUT2D eigenvalue weighted by Crippen LogP contribution is -2.32. The maximum Gasteiger partial charge on any atom is 0.209 e. The smallest absolute Gasteiger partial charge is 0.209 e.